The molecule has 0 saturated heterocycles. The van der Waals surface area contributed by atoms with Crippen LogP contribution in [0.4, 0.5) is 0 Å². The van der Waals surface area contributed by atoms with Crippen molar-refractivity contribution in [1.82, 2.24) is 0 Å². The minimum atomic E-state index is -0.242. The first kappa shape index (κ1) is 15.9. The minimum absolute atomic E-state index is 0.242. The number of rotatable bonds is 6. The third-order valence-electron chi connectivity index (χ3n) is 4.44. The number of hydrogen-bond donors (Lipinski definition) is 0. The van der Waals surface area contributed by atoms with Crippen molar-refractivity contribution >= 4 is 30.3 Å². The Kier molecular flexibility index (Phi) is 5.02. The van der Waals surface area contributed by atoms with E-state index in [1.165, 1.54) is 28.1 Å². The molecule has 4 rings (SSSR count). The average Bonchev–Trinajstić information content (AvgIpc) is 3.39. The topological polar surface area (TPSA) is 0 Å². The zero-order valence-electron chi connectivity index (χ0n) is 13.6. The third-order valence-corrected chi connectivity index (χ3v) is 8.54. The van der Waals surface area contributed by atoms with Crippen molar-refractivity contribution in [3.63, 3.8) is 0 Å². The van der Waals surface area contributed by atoms with Crippen molar-refractivity contribution in [2.24, 2.45) is 5.92 Å². The fourth-order valence-corrected chi connectivity index (χ4v) is 7.14. The molecule has 0 spiro atoms. The molecule has 0 unspecified atom stereocenters. The molecule has 120 valence electrons. The van der Waals surface area contributed by atoms with E-state index in [1.54, 1.807) is 0 Å². The van der Waals surface area contributed by atoms with E-state index < -0.39 is 0 Å². The monoisotopic (exact) mass is 348 g/mol. The summed E-state index contributed by atoms with van der Waals surface area (Å²) in [5.41, 5.74) is 0. The Hall–Kier alpha value is -1.56. The Morgan fingerprint density at radius 2 is 1.21 bits per heavy atom. The quantitative estimate of drug-likeness (QED) is 0.545. The summed E-state index contributed by atoms with van der Waals surface area (Å²) in [5, 5.41) is 3.81. The van der Waals surface area contributed by atoms with Crippen LogP contribution in [0.2, 0.25) is 0 Å². The Labute approximate surface area is 150 Å². The molecule has 2 heteroatoms. The van der Waals surface area contributed by atoms with Gasteiger partial charge in [0.1, 0.15) is 0 Å². The second-order valence-corrected chi connectivity index (χ2v) is 9.81. The van der Waals surface area contributed by atoms with Crippen LogP contribution >= 0.6 is 19.7 Å². The maximum atomic E-state index is 2.31. The molecule has 0 aromatic heterocycles. The highest BCUT2D eigenvalue weighted by Gasteiger charge is 2.39. The van der Waals surface area contributed by atoms with Crippen LogP contribution in [-0.2, 0) is 0 Å². The Bertz CT molecular complexity index is 718. The van der Waals surface area contributed by atoms with Gasteiger partial charge in [-0.1, -0.05) is 78.9 Å². The van der Waals surface area contributed by atoms with E-state index in [2.05, 4.69) is 103 Å². The van der Waals surface area contributed by atoms with Gasteiger partial charge in [0.2, 0.25) is 0 Å². The maximum absolute atomic E-state index is 2.31. The number of thioether (sulfide) groups is 1. The van der Waals surface area contributed by atoms with Crippen LogP contribution in [0.25, 0.3) is 0 Å². The molecule has 0 amide bonds. The summed E-state index contributed by atoms with van der Waals surface area (Å²) in [6.07, 6.45) is 2.67. The molecule has 3 aromatic rings. The van der Waals surface area contributed by atoms with Crippen LogP contribution in [0.5, 0.6) is 0 Å². The van der Waals surface area contributed by atoms with Gasteiger partial charge >= 0.3 is 0 Å². The Balaban J connectivity index is 1.48. The molecular weight excluding hydrogens is 327 g/mol. The number of hydrogen-bond acceptors (Lipinski definition) is 1. The van der Waals surface area contributed by atoms with Crippen LogP contribution in [-0.4, -0.2) is 11.4 Å². The molecule has 1 saturated carbocycles. The van der Waals surface area contributed by atoms with Gasteiger partial charge in [-0.25, -0.2) is 0 Å². The second kappa shape index (κ2) is 7.55. The minimum Gasteiger partial charge on any atom is -0.122 e. The molecule has 0 radical (unpaired) electrons. The average molecular weight is 348 g/mol. The predicted molar refractivity (Wildman–Crippen MR) is 108 cm³/mol. The van der Waals surface area contributed by atoms with Crippen LogP contribution < -0.4 is 10.6 Å². The first-order valence-electron chi connectivity index (χ1n) is 8.49. The van der Waals surface area contributed by atoms with Crippen LogP contribution in [0.15, 0.2) is 95.9 Å². The molecule has 0 nitrogen and oxygen atoms in total. The normalized spacial score (nSPS) is 19.4. The van der Waals surface area contributed by atoms with Gasteiger partial charge < -0.3 is 0 Å². The zero-order valence-corrected chi connectivity index (χ0v) is 15.3. The number of benzene rings is 3. The molecule has 0 N–H and O–H groups in total. The molecule has 3 aromatic carbocycles. The van der Waals surface area contributed by atoms with Gasteiger partial charge in [-0.2, -0.15) is 0 Å². The second-order valence-electron chi connectivity index (χ2n) is 6.25. The summed E-state index contributed by atoms with van der Waals surface area (Å²) in [6.45, 7) is 0. The summed E-state index contributed by atoms with van der Waals surface area (Å²) in [6, 6.07) is 33.0. The van der Waals surface area contributed by atoms with Crippen molar-refractivity contribution < 1.29 is 0 Å². The zero-order chi connectivity index (χ0) is 16.2. The van der Waals surface area contributed by atoms with Crippen LogP contribution in [0.1, 0.15) is 6.42 Å². The van der Waals surface area contributed by atoms with Crippen LogP contribution in [0.3, 0.4) is 0 Å². The molecule has 2 atom stereocenters. The van der Waals surface area contributed by atoms with Gasteiger partial charge in [0, 0.05) is 10.1 Å². The largest absolute Gasteiger partial charge is 0.122 e. The van der Waals surface area contributed by atoms with E-state index in [4.69, 9.17) is 0 Å². The highest BCUT2D eigenvalue weighted by molar-refractivity contribution is 8.00. The molecule has 0 bridgehead atoms. The van der Waals surface area contributed by atoms with Gasteiger partial charge in [0.15, 0.2) is 0 Å². The van der Waals surface area contributed by atoms with Gasteiger partial charge in [0.25, 0.3) is 0 Å². The van der Waals surface area contributed by atoms with Gasteiger partial charge in [-0.3, -0.25) is 0 Å². The lowest BCUT2D eigenvalue weighted by Gasteiger charge is -2.18. The van der Waals surface area contributed by atoms with E-state index in [0.717, 1.165) is 11.2 Å². The Morgan fingerprint density at radius 1 is 0.708 bits per heavy atom. The molecule has 1 aliphatic carbocycles. The van der Waals surface area contributed by atoms with E-state index >= 15 is 0 Å². The highest BCUT2D eigenvalue weighted by Crippen LogP contribution is 2.51. The van der Waals surface area contributed by atoms with Crippen molar-refractivity contribution in [3.8, 4) is 0 Å². The fraction of sp³-hybridized carbons (Fsp3) is 0.182. The van der Waals surface area contributed by atoms with E-state index in [9.17, 15) is 0 Å². The molecular formula is C22H21PS. The van der Waals surface area contributed by atoms with Crippen molar-refractivity contribution in [1.29, 1.82) is 0 Å². The third kappa shape index (κ3) is 3.91. The van der Waals surface area contributed by atoms with Gasteiger partial charge in [0.05, 0.1) is 0 Å². The molecule has 24 heavy (non-hydrogen) atoms. The van der Waals surface area contributed by atoms with E-state index in [1.807, 2.05) is 0 Å². The lowest BCUT2D eigenvalue weighted by Crippen LogP contribution is -2.15. The summed E-state index contributed by atoms with van der Waals surface area (Å²) in [5.74, 6) is 0.849. The molecule has 0 heterocycles. The van der Waals surface area contributed by atoms with E-state index in [0.29, 0.717) is 0 Å². The highest BCUT2D eigenvalue weighted by atomic mass is 32.2. The lowest BCUT2D eigenvalue weighted by atomic mass is 10.4. The Morgan fingerprint density at radius 3 is 1.75 bits per heavy atom. The summed E-state index contributed by atoms with van der Waals surface area (Å²) >= 11 is 2.06. The van der Waals surface area contributed by atoms with Crippen molar-refractivity contribution in [2.75, 3.05) is 6.16 Å². The smallest absolute Gasteiger partial charge is 0.0130 e. The maximum Gasteiger partial charge on any atom is 0.0130 e. The predicted octanol–water partition coefficient (Wildman–Crippen LogP) is 5.30. The SMILES string of the molecule is c1ccc(S[C@H]2C[C@H]2CP(c2ccccc2)c2ccccc2)cc1. The lowest BCUT2D eigenvalue weighted by molar-refractivity contribution is 1.000. The van der Waals surface area contributed by atoms with Gasteiger partial charge in [-0.05, 0) is 49.2 Å². The summed E-state index contributed by atoms with van der Waals surface area (Å²) in [7, 11) is -0.242. The van der Waals surface area contributed by atoms with Gasteiger partial charge in [-0.15, -0.1) is 11.8 Å². The fourth-order valence-electron chi connectivity index (χ4n) is 3.04. The first-order chi connectivity index (χ1) is 11.9. The van der Waals surface area contributed by atoms with Crippen molar-refractivity contribution in [3.05, 3.63) is 91.0 Å². The molecule has 0 aliphatic heterocycles. The summed E-state index contributed by atoms with van der Waals surface area (Å²) in [4.78, 5) is 1.41. The molecule has 1 aliphatic rings. The summed E-state index contributed by atoms with van der Waals surface area (Å²) < 4.78 is 0. The standard InChI is InChI=1S/C22H21PS/c1-4-10-19(11-5-1)23(20-12-6-2-7-13-20)17-18-16-22(18)24-21-14-8-3-9-15-21/h1-15,18,22H,16-17H2/t18-,22-/m0/s1. The molecule has 1 fully saturated rings. The van der Waals surface area contributed by atoms with Crippen LogP contribution in [0, 0.1) is 5.92 Å². The van der Waals surface area contributed by atoms with Crippen molar-refractivity contribution in [2.45, 2.75) is 16.6 Å². The first-order valence-corrected chi connectivity index (χ1v) is 10.9. The van der Waals surface area contributed by atoms with E-state index in [-0.39, 0.29) is 7.92 Å².